The molecule has 0 radical (unpaired) electrons. The highest BCUT2D eigenvalue weighted by atomic mass is 32.1. The van der Waals surface area contributed by atoms with Gasteiger partial charge in [0.1, 0.15) is 6.61 Å². The maximum absolute atomic E-state index is 9.04. The summed E-state index contributed by atoms with van der Waals surface area (Å²) in [4.78, 5) is 4.90. The minimum absolute atomic E-state index is 0.0258. The Morgan fingerprint density at radius 2 is 2.22 bits per heavy atom. The summed E-state index contributed by atoms with van der Waals surface area (Å²) in [5.74, 6) is 1.22. The Morgan fingerprint density at radius 3 is 2.83 bits per heavy atom. The van der Waals surface area contributed by atoms with Crippen molar-refractivity contribution in [1.82, 2.24) is 4.98 Å². The van der Waals surface area contributed by atoms with Crippen molar-refractivity contribution in [2.45, 2.75) is 13.2 Å². The molecule has 1 heterocycles. The van der Waals surface area contributed by atoms with E-state index in [0.717, 1.165) is 10.4 Å². The molecule has 2 rings (SSSR count). The molecular weight excluding hydrogens is 252 g/mol. The van der Waals surface area contributed by atoms with Gasteiger partial charge >= 0.3 is 0 Å². The second-order valence-electron chi connectivity index (χ2n) is 3.60. The lowest BCUT2D eigenvalue weighted by Crippen LogP contribution is -1.97. The van der Waals surface area contributed by atoms with Gasteiger partial charge in [-0.15, -0.1) is 0 Å². The Balaban J connectivity index is 2.08. The minimum atomic E-state index is -0.0258. The fraction of sp³-hybridized carbons (Fsp3) is 0.250. The van der Waals surface area contributed by atoms with Gasteiger partial charge in [-0.3, -0.25) is 0 Å². The molecular formula is C12H14N2O3S. The molecule has 96 valence electrons. The average molecular weight is 266 g/mol. The Morgan fingerprint density at radius 1 is 1.39 bits per heavy atom. The molecule has 0 aliphatic heterocycles. The Labute approximate surface area is 109 Å². The van der Waals surface area contributed by atoms with Crippen LogP contribution in [0.2, 0.25) is 0 Å². The van der Waals surface area contributed by atoms with E-state index in [1.165, 1.54) is 11.3 Å². The Hall–Kier alpha value is -1.79. The van der Waals surface area contributed by atoms with Crippen LogP contribution >= 0.6 is 11.3 Å². The topological polar surface area (TPSA) is 77.6 Å². The van der Waals surface area contributed by atoms with Crippen LogP contribution in [0.4, 0.5) is 5.13 Å². The van der Waals surface area contributed by atoms with Crippen molar-refractivity contribution in [2.75, 3.05) is 12.8 Å². The molecule has 0 saturated carbocycles. The number of hydrogen-bond acceptors (Lipinski definition) is 6. The summed E-state index contributed by atoms with van der Waals surface area (Å²) < 4.78 is 10.8. The summed E-state index contributed by atoms with van der Waals surface area (Å²) in [6.07, 6.45) is 1.69. The molecule has 5 nitrogen and oxygen atoms in total. The number of ether oxygens (including phenoxy) is 2. The summed E-state index contributed by atoms with van der Waals surface area (Å²) >= 11 is 1.39. The van der Waals surface area contributed by atoms with Gasteiger partial charge in [0.2, 0.25) is 0 Å². The second-order valence-corrected chi connectivity index (χ2v) is 4.74. The lowest BCUT2D eigenvalue weighted by molar-refractivity contribution is 0.275. The maximum Gasteiger partial charge on any atom is 0.180 e. The number of aliphatic hydroxyl groups is 1. The maximum atomic E-state index is 9.04. The van der Waals surface area contributed by atoms with Crippen LogP contribution in [0.15, 0.2) is 24.4 Å². The normalized spacial score (nSPS) is 10.3. The predicted octanol–water partition coefficient (Wildman–Crippen LogP) is 1.81. The smallest absolute Gasteiger partial charge is 0.180 e. The molecule has 1 aromatic heterocycles. The zero-order valence-electron chi connectivity index (χ0n) is 9.92. The fourth-order valence-electron chi connectivity index (χ4n) is 1.47. The van der Waals surface area contributed by atoms with Gasteiger partial charge in [-0.1, -0.05) is 17.4 Å². The summed E-state index contributed by atoms with van der Waals surface area (Å²) in [5.41, 5.74) is 6.32. The van der Waals surface area contributed by atoms with E-state index in [0.29, 0.717) is 23.2 Å². The zero-order valence-corrected chi connectivity index (χ0v) is 10.7. The lowest BCUT2D eigenvalue weighted by atomic mass is 10.2. The molecule has 0 aliphatic carbocycles. The van der Waals surface area contributed by atoms with Gasteiger partial charge in [-0.25, -0.2) is 4.98 Å². The highest BCUT2D eigenvalue weighted by Gasteiger charge is 2.07. The van der Waals surface area contributed by atoms with E-state index in [4.69, 9.17) is 20.3 Å². The molecule has 6 heteroatoms. The predicted molar refractivity (Wildman–Crippen MR) is 69.8 cm³/mol. The summed E-state index contributed by atoms with van der Waals surface area (Å²) in [6, 6.07) is 5.31. The van der Waals surface area contributed by atoms with Crippen molar-refractivity contribution in [3.63, 3.8) is 0 Å². The van der Waals surface area contributed by atoms with Crippen LogP contribution in [0.5, 0.6) is 11.5 Å². The van der Waals surface area contributed by atoms with E-state index in [-0.39, 0.29) is 6.61 Å². The van der Waals surface area contributed by atoms with Crippen LogP contribution in [-0.2, 0) is 13.2 Å². The third-order valence-electron chi connectivity index (χ3n) is 2.35. The average Bonchev–Trinajstić information content (AvgIpc) is 2.82. The van der Waals surface area contributed by atoms with E-state index in [9.17, 15) is 0 Å². The van der Waals surface area contributed by atoms with Gasteiger partial charge < -0.3 is 20.3 Å². The lowest BCUT2D eigenvalue weighted by Gasteiger charge is -2.10. The molecule has 0 spiro atoms. The van der Waals surface area contributed by atoms with Crippen molar-refractivity contribution in [1.29, 1.82) is 0 Å². The van der Waals surface area contributed by atoms with Crippen molar-refractivity contribution in [3.8, 4) is 11.5 Å². The van der Waals surface area contributed by atoms with Gasteiger partial charge in [-0.05, 0) is 17.7 Å². The molecule has 0 atom stereocenters. The Kier molecular flexibility index (Phi) is 4.01. The van der Waals surface area contributed by atoms with Crippen LogP contribution in [0.25, 0.3) is 0 Å². The van der Waals surface area contributed by atoms with Crippen molar-refractivity contribution in [2.24, 2.45) is 0 Å². The first-order valence-electron chi connectivity index (χ1n) is 5.33. The van der Waals surface area contributed by atoms with E-state index < -0.39 is 0 Å². The minimum Gasteiger partial charge on any atom is -0.493 e. The third kappa shape index (κ3) is 2.91. The summed E-state index contributed by atoms with van der Waals surface area (Å²) in [7, 11) is 1.56. The number of nitrogens with two attached hydrogens (primary N) is 1. The van der Waals surface area contributed by atoms with Crippen LogP contribution in [0.1, 0.15) is 10.4 Å². The standard InChI is InChI=1S/C12H14N2O3S/c1-16-11-4-8(6-15)2-3-10(11)17-7-9-5-14-12(13)18-9/h2-5,15H,6-7H2,1H3,(H2,13,14). The van der Waals surface area contributed by atoms with E-state index >= 15 is 0 Å². The van der Waals surface area contributed by atoms with Gasteiger partial charge in [0.05, 0.1) is 18.6 Å². The van der Waals surface area contributed by atoms with Gasteiger partial charge in [-0.2, -0.15) is 0 Å². The third-order valence-corrected chi connectivity index (χ3v) is 3.15. The number of aromatic nitrogens is 1. The molecule has 0 amide bonds. The fourth-order valence-corrected chi connectivity index (χ4v) is 2.07. The highest BCUT2D eigenvalue weighted by molar-refractivity contribution is 7.15. The number of thiazole rings is 1. The molecule has 0 bridgehead atoms. The van der Waals surface area contributed by atoms with Gasteiger partial charge in [0, 0.05) is 6.20 Å². The summed E-state index contributed by atoms with van der Waals surface area (Å²) in [6.45, 7) is 0.367. The van der Waals surface area contributed by atoms with Crippen molar-refractivity contribution >= 4 is 16.5 Å². The number of benzene rings is 1. The van der Waals surface area contributed by atoms with E-state index in [2.05, 4.69) is 4.98 Å². The number of hydrogen-bond donors (Lipinski definition) is 2. The van der Waals surface area contributed by atoms with Gasteiger partial charge in [0.25, 0.3) is 0 Å². The molecule has 1 aromatic carbocycles. The van der Waals surface area contributed by atoms with E-state index in [1.54, 1.807) is 31.5 Å². The van der Waals surface area contributed by atoms with Crippen LogP contribution in [0, 0.1) is 0 Å². The quantitative estimate of drug-likeness (QED) is 0.863. The first-order chi connectivity index (χ1) is 8.72. The van der Waals surface area contributed by atoms with Gasteiger partial charge in [0.15, 0.2) is 16.6 Å². The van der Waals surface area contributed by atoms with Crippen LogP contribution in [-0.4, -0.2) is 17.2 Å². The van der Waals surface area contributed by atoms with Crippen LogP contribution in [0.3, 0.4) is 0 Å². The Bertz CT molecular complexity index is 528. The first-order valence-corrected chi connectivity index (χ1v) is 6.15. The number of rotatable bonds is 5. The van der Waals surface area contributed by atoms with E-state index in [1.807, 2.05) is 0 Å². The largest absolute Gasteiger partial charge is 0.493 e. The molecule has 0 saturated heterocycles. The molecule has 2 aromatic rings. The second kappa shape index (κ2) is 5.70. The molecule has 3 N–H and O–H groups in total. The van der Waals surface area contributed by atoms with Crippen molar-refractivity contribution < 1.29 is 14.6 Å². The summed E-state index contributed by atoms with van der Waals surface area (Å²) in [5, 5.41) is 9.57. The molecule has 0 aliphatic rings. The molecule has 0 fully saturated rings. The number of nitrogens with zero attached hydrogens (tertiary/aromatic N) is 1. The highest BCUT2D eigenvalue weighted by Crippen LogP contribution is 2.29. The zero-order chi connectivity index (χ0) is 13.0. The number of nitrogen functional groups attached to an aromatic ring is 1. The van der Waals surface area contributed by atoms with Crippen molar-refractivity contribution in [3.05, 3.63) is 34.8 Å². The number of methoxy groups -OCH3 is 1. The molecule has 18 heavy (non-hydrogen) atoms. The number of anilines is 1. The number of aliphatic hydroxyl groups excluding tert-OH is 1. The first kappa shape index (κ1) is 12.7. The van der Waals surface area contributed by atoms with Crippen LogP contribution < -0.4 is 15.2 Å². The SMILES string of the molecule is COc1cc(CO)ccc1OCc1cnc(N)s1. The monoisotopic (exact) mass is 266 g/mol. The molecule has 0 unspecified atom stereocenters.